The van der Waals surface area contributed by atoms with E-state index in [9.17, 15) is 9.59 Å². The monoisotopic (exact) mass is 340 g/mol. The van der Waals surface area contributed by atoms with Crippen LogP contribution in [0.3, 0.4) is 0 Å². The van der Waals surface area contributed by atoms with Gasteiger partial charge in [0.2, 0.25) is 0 Å². The molecule has 0 spiro atoms. The Morgan fingerprint density at radius 1 is 0.920 bits per heavy atom. The van der Waals surface area contributed by atoms with Crippen LogP contribution in [0.4, 0.5) is 0 Å². The van der Waals surface area contributed by atoms with Gasteiger partial charge < -0.3 is 14.2 Å². The van der Waals surface area contributed by atoms with Gasteiger partial charge in [0.1, 0.15) is 19.0 Å². The maximum atomic E-state index is 12.2. The predicted octanol–water partition coefficient (Wildman–Crippen LogP) is 1.22. The van der Waals surface area contributed by atoms with Crippen LogP contribution in [-0.4, -0.2) is 31.1 Å². The van der Waals surface area contributed by atoms with Crippen LogP contribution in [0.15, 0.2) is 42.5 Å². The van der Waals surface area contributed by atoms with Crippen molar-refractivity contribution in [2.24, 2.45) is 0 Å². The smallest absolute Gasteiger partial charge is 0.279 e. The summed E-state index contributed by atoms with van der Waals surface area (Å²) >= 11 is 0. The molecule has 2 N–H and O–H groups in total. The number of hydrogen-bond acceptors (Lipinski definition) is 5. The van der Waals surface area contributed by atoms with Crippen molar-refractivity contribution in [1.82, 2.24) is 10.9 Å². The molecule has 2 aliphatic heterocycles. The first-order valence-electron chi connectivity index (χ1n) is 7.95. The number of fused-ring (bicyclic) bond motifs is 2. The number of rotatable bonds is 2. The second-order valence-corrected chi connectivity index (χ2v) is 5.72. The molecule has 25 heavy (non-hydrogen) atoms. The van der Waals surface area contributed by atoms with E-state index in [4.69, 9.17) is 14.2 Å². The Morgan fingerprint density at radius 2 is 1.72 bits per heavy atom. The number of nitrogens with one attached hydrogen (secondary N) is 2. The number of carbonyl (C=O) groups excluding carboxylic acids is 2. The second-order valence-electron chi connectivity index (χ2n) is 5.72. The minimum atomic E-state index is -0.655. The number of carbonyl (C=O) groups is 2. The molecule has 1 unspecified atom stereocenters. The summed E-state index contributed by atoms with van der Waals surface area (Å²) in [4.78, 5) is 24.4. The van der Waals surface area contributed by atoms with Crippen LogP contribution in [0.25, 0.3) is 0 Å². The molecule has 0 saturated heterocycles. The summed E-state index contributed by atoms with van der Waals surface area (Å²) in [6, 6.07) is 12.3. The first-order valence-corrected chi connectivity index (χ1v) is 7.95. The van der Waals surface area contributed by atoms with Gasteiger partial charge in [0.15, 0.2) is 17.6 Å². The van der Waals surface area contributed by atoms with Gasteiger partial charge in [-0.25, -0.2) is 0 Å². The molecule has 2 amide bonds. The summed E-state index contributed by atoms with van der Waals surface area (Å²) in [5.74, 6) is 0.965. The molecule has 0 aromatic heterocycles. The van der Waals surface area contributed by atoms with Crippen molar-refractivity contribution >= 4 is 11.8 Å². The van der Waals surface area contributed by atoms with Crippen molar-refractivity contribution in [3.63, 3.8) is 0 Å². The largest absolute Gasteiger partial charge is 0.486 e. The molecule has 7 heteroatoms. The van der Waals surface area contributed by atoms with Crippen molar-refractivity contribution < 1.29 is 23.8 Å². The fourth-order valence-corrected chi connectivity index (χ4v) is 2.78. The summed E-state index contributed by atoms with van der Waals surface area (Å²) in [7, 11) is 0. The van der Waals surface area contributed by atoms with E-state index < -0.39 is 17.9 Å². The van der Waals surface area contributed by atoms with Crippen LogP contribution in [0.2, 0.25) is 0 Å². The summed E-state index contributed by atoms with van der Waals surface area (Å²) < 4.78 is 16.4. The number of ether oxygens (including phenoxy) is 3. The molecule has 0 bridgehead atoms. The van der Waals surface area contributed by atoms with E-state index in [0.717, 1.165) is 5.56 Å². The molecule has 0 radical (unpaired) electrons. The Bertz CT molecular complexity index is 811. The van der Waals surface area contributed by atoms with E-state index in [2.05, 4.69) is 10.9 Å². The number of para-hydroxylation sites is 1. The standard InChI is InChI=1S/C18H16N2O5/c21-17(12-5-6-14-15(10-12)24-8-7-23-14)19-20-18(22)16-9-11-3-1-2-4-13(11)25-16/h1-6,10,16H,7-9H2,(H,19,21)(H,20,22). The van der Waals surface area contributed by atoms with Gasteiger partial charge in [-0.3, -0.25) is 20.4 Å². The summed E-state index contributed by atoms with van der Waals surface area (Å²) in [6.45, 7) is 0.923. The van der Waals surface area contributed by atoms with E-state index in [1.54, 1.807) is 18.2 Å². The molecule has 2 aliphatic rings. The van der Waals surface area contributed by atoms with Crippen molar-refractivity contribution in [3.05, 3.63) is 53.6 Å². The highest BCUT2D eigenvalue weighted by Crippen LogP contribution is 2.30. The Morgan fingerprint density at radius 3 is 2.56 bits per heavy atom. The Hall–Kier alpha value is -3.22. The molecule has 2 aromatic rings. The van der Waals surface area contributed by atoms with Gasteiger partial charge >= 0.3 is 0 Å². The zero-order chi connectivity index (χ0) is 17.2. The Kier molecular flexibility index (Phi) is 3.89. The van der Waals surface area contributed by atoms with Gasteiger partial charge in [-0.15, -0.1) is 0 Å². The molecule has 0 fully saturated rings. The predicted molar refractivity (Wildman–Crippen MR) is 87.6 cm³/mol. The van der Waals surface area contributed by atoms with Crippen molar-refractivity contribution in [2.45, 2.75) is 12.5 Å². The van der Waals surface area contributed by atoms with Crippen LogP contribution in [0.1, 0.15) is 15.9 Å². The van der Waals surface area contributed by atoms with Crippen molar-refractivity contribution in [3.8, 4) is 17.2 Å². The molecule has 0 saturated carbocycles. The van der Waals surface area contributed by atoms with Gasteiger partial charge in [0, 0.05) is 12.0 Å². The Labute approximate surface area is 143 Å². The van der Waals surface area contributed by atoms with Gasteiger partial charge in [-0.2, -0.15) is 0 Å². The molecule has 1 atom stereocenters. The highest BCUT2D eigenvalue weighted by molar-refractivity contribution is 5.96. The molecule has 2 aromatic carbocycles. The first-order chi connectivity index (χ1) is 12.2. The average molecular weight is 340 g/mol. The lowest BCUT2D eigenvalue weighted by Gasteiger charge is -2.18. The minimum Gasteiger partial charge on any atom is -0.486 e. The van der Waals surface area contributed by atoms with E-state index in [1.165, 1.54) is 0 Å². The molecule has 0 aliphatic carbocycles. The van der Waals surface area contributed by atoms with Crippen LogP contribution < -0.4 is 25.1 Å². The highest BCUT2D eigenvalue weighted by atomic mass is 16.6. The molecular weight excluding hydrogens is 324 g/mol. The normalized spacial score (nSPS) is 17.2. The lowest BCUT2D eigenvalue weighted by molar-refractivity contribution is -0.128. The quantitative estimate of drug-likeness (QED) is 0.803. The highest BCUT2D eigenvalue weighted by Gasteiger charge is 2.29. The third kappa shape index (κ3) is 3.08. The average Bonchev–Trinajstić information content (AvgIpc) is 3.09. The minimum absolute atomic E-state index is 0.361. The van der Waals surface area contributed by atoms with Gasteiger partial charge in [-0.1, -0.05) is 18.2 Å². The Balaban J connectivity index is 1.35. The van der Waals surface area contributed by atoms with Gasteiger partial charge in [0.25, 0.3) is 11.8 Å². The van der Waals surface area contributed by atoms with Crippen molar-refractivity contribution in [2.75, 3.05) is 13.2 Å². The number of amides is 2. The van der Waals surface area contributed by atoms with Crippen LogP contribution in [0, 0.1) is 0 Å². The lowest BCUT2D eigenvalue weighted by Crippen LogP contribution is -2.47. The van der Waals surface area contributed by atoms with E-state index >= 15 is 0 Å². The maximum Gasteiger partial charge on any atom is 0.279 e. The molecular formula is C18H16N2O5. The third-order valence-electron chi connectivity index (χ3n) is 4.04. The SMILES string of the molecule is O=C(NNC(=O)C1Cc2ccccc2O1)c1ccc2c(c1)OCCO2. The second kappa shape index (κ2) is 6.35. The summed E-state index contributed by atoms with van der Waals surface area (Å²) in [5.41, 5.74) is 6.13. The van der Waals surface area contributed by atoms with Crippen LogP contribution in [-0.2, 0) is 11.2 Å². The topological polar surface area (TPSA) is 85.9 Å². The fourth-order valence-electron chi connectivity index (χ4n) is 2.78. The third-order valence-corrected chi connectivity index (χ3v) is 4.04. The number of hydrazine groups is 1. The molecule has 128 valence electrons. The zero-order valence-corrected chi connectivity index (χ0v) is 13.3. The first kappa shape index (κ1) is 15.3. The fraction of sp³-hybridized carbons (Fsp3) is 0.222. The molecule has 4 rings (SSSR count). The summed E-state index contributed by atoms with van der Waals surface area (Å²) in [6.07, 6.45) is -0.181. The molecule has 7 nitrogen and oxygen atoms in total. The number of hydrogen-bond donors (Lipinski definition) is 2. The molecule has 2 heterocycles. The van der Waals surface area contributed by atoms with Gasteiger partial charge in [0.05, 0.1) is 0 Å². The number of benzene rings is 2. The van der Waals surface area contributed by atoms with Gasteiger partial charge in [-0.05, 0) is 29.8 Å². The van der Waals surface area contributed by atoms with E-state index in [0.29, 0.717) is 42.4 Å². The van der Waals surface area contributed by atoms with Crippen LogP contribution in [0.5, 0.6) is 17.2 Å². The lowest BCUT2D eigenvalue weighted by atomic mass is 10.1. The summed E-state index contributed by atoms with van der Waals surface area (Å²) in [5, 5.41) is 0. The maximum absolute atomic E-state index is 12.2. The van der Waals surface area contributed by atoms with Crippen LogP contribution >= 0.6 is 0 Å². The van der Waals surface area contributed by atoms with E-state index in [1.807, 2.05) is 24.3 Å². The van der Waals surface area contributed by atoms with E-state index in [-0.39, 0.29) is 0 Å². The van der Waals surface area contributed by atoms with Crippen molar-refractivity contribution in [1.29, 1.82) is 0 Å². The zero-order valence-electron chi connectivity index (χ0n) is 13.3.